The predicted molar refractivity (Wildman–Crippen MR) is 79.3 cm³/mol. The first-order valence-electron chi connectivity index (χ1n) is 7.55. The molecule has 126 valence electrons. The number of hydrogen-bond acceptors (Lipinski definition) is 6. The van der Waals surface area contributed by atoms with Crippen LogP contribution >= 0.6 is 0 Å². The van der Waals surface area contributed by atoms with Crippen molar-refractivity contribution in [1.29, 1.82) is 0 Å². The van der Waals surface area contributed by atoms with Crippen LogP contribution in [-0.4, -0.2) is 55.4 Å². The van der Waals surface area contributed by atoms with Gasteiger partial charge in [0.25, 0.3) is 0 Å². The number of carbonyl (C=O) groups is 1. The third kappa shape index (κ3) is 3.39. The van der Waals surface area contributed by atoms with Gasteiger partial charge in [-0.1, -0.05) is 30.3 Å². The maximum Gasteiger partial charge on any atom is 0.217 e. The number of carbonyl (C=O) groups excluding carboxylic acids is 1. The molecule has 1 aromatic rings. The van der Waals surface area contributed by atoms with Crippen molar-refractivity contribution in [3.05, 3.63) is 35.9 Å². The Kier molecular flexibility index (Phi) is 4.93. The molecule has 0 radical (unpaired) electrons. The molecule has 2 N–H and O–H groups in total. The van der Waals surface area contributed by atoms with Gasteiger partial charge >= 0.3 is 0 Å². The minimum Gasteiger partial charge on any atom is -0.388 e. The van der Waals surface area contributed by atoms with E-state index < -0.39 is 36.9 Å². The lowest BCUT2D eigenvalue weighted by molar-refractivity contribution is -0.341. The van der Waals surface area contributed by atoms with Gasteiger partial charge in [0.2, 0.25) is 5.91 Å². The summed E-state index contributed by atoms with van der Waals surface area (Å²) in [5.41, 5.74) is 0.864. The zero-order chi connectivity index (χ0) is 16.4. The van der Waals surface area contributed by atoms with Crippen molar-refractivity contribution in [3.63, 3.8) is 0 Å². The summed E-state index contributed by atoms with van der Waals surface area (Å²) in [7, 11) is 1.46. The maximum absolute atomic E-state index is 11.4. The van der Waals surface area contributed by atoms with E-state index in [1.165, 1.54) is 14.0 Å². The quantitative estimate of drug-likeness (QED) is 0.834. The molecule has 3 rings (SSSR count). The number of rotatable bonds is 3. The number of aliphatic hydroxyl groups excluding tert-OH is 1. The van der Waals surface area contributed by atoms with Crippen LogP contribution in [0.5, 0.6) is 0 Å². The largest absolute Gasteiger partial charge is 0.388 e. The number of nitrogens with one attached hydrogen (secondary N) is 1. The molecule has 2 aliphatic heterocycles. The fraction of sp³-hybridized carbons (Fsp3) is 0.562. The third-order valence-corrected chi connectivity index (χ3v) is 4.04. The van der Waals surface area contributed by atoms with E-state index >= 15 is 0 Å². The van der Waals surface area contributed by atoms with Crippen molar-refractivity contribution < 1.29 is 28.8 Å². The minimum absolute atomic E-state index is 0.272. The predicted octanol–water partition coefficient (Wildman–Crippen LogP) is 0.337. The first kappa shape index (κ1) is 16.4. The van der Waals surface area contributed by atoms with Gasteiger partial charge < -0.3 is 29.4 Å². The highest BCUT2D eigenvalue weighted by Gasteiger charge is 2.49. The Hall–Kier alpha value is -1.51. The third-order valence-electron chi connectivity index (χ3n) is 4.04. The summed E-state index contributed by atoms with van der Waals surface area (Å²) in [4.78, 5) is 11.4. The molecule has 0 aliphatic carbocycles. The van der Waals surface area contributed by atoms with E-state index in [1.54, 1.807) is 0 Å². The van der Waals surface area contributed by atoms with Crippen LogP contribution in [0.1, 0.15) is 18.8 Å². The highest BCUT2D eigenvalue weighted by molar-refractivity contribution is 5.73. The van der Waals surface area contributed by atoms with E-state index in [0.29, 0.717) is 0 Å². The van der Waals surface area contributed by atoms with E-state index in [-0.39, 0.29) is 12.5 Å². The standard InChI is InChI=1S/C16H21NO6/c1-9(18)17-12-13(19)14-11(22-16(12)20-2)8-21-15(23-14)10-6-4-3-5-7-10/h3-7,11-16,19H,8H2,1-2H3,(H,17,18)/t11-,12-,13?,14-,15-,16+/m1/s1. The molecule has 6 atom stereocenters. The number of fused-ring (bicyclic) bond motifs is 1. The van der Waals surface area contributed by atoms with Crippen LogP contribution in [0.3, 0.4) is 0 Å². The van der Waals surface area contributed by atoms with E-state index in [0.717, 1.165) is 5.56 Å². The highest BCUT2D eigenvalue weighted by Crippen LogP contribution is 2.34. The van der Waals surface area contributed by atoms with Gasteiger partial charge in [0.05, 0.1) is 6.61 Å². The Balaban J connectivity index is 1.76. The molecule has 2 saturated heterocycles. The summed E-state index contributed by atoms with van der Waals surface area (Å²) in [6.07, 6.45) is -3.36. The summed E-state index contributed by atoms with van der Waals surface area (Å²) in [6, 6.07) is 8.78. The maximum atomic E-state index is 11.4. The van der Waals surface area contributed by atoms with Crippen molar-refractivity contribution in [1.82, 2.24) is 5.32 Å². The van der Waals surface area contributed by atoms with Gasteiger partial charge in [-0.25, -0.2) is 0 Å². The van der Waals surface area contributed by atoms with Crippen molar-refractivity contribution >= 4 is 5.91 Å². The lowest BCUT2D eigenvalue weighted by Crippen LogP contribution is -2.66. The molecular weight excluding hydrogens is 302 g/mol. The van der Waals surface area contributed by atoms with Gasteiger partial charge in [-0.2, -0.15) is 0 Å². The van der Waals surface area contributed by atoms with Gasteiger partial charge in [0, 0.05) is 19.6 Å². The molecule has 2 aliphatic rings. The molecule has 7 heteroatoms. The van der Waals surface area contributed by atoms with Crippen LogP contribution in [0.2, 0.25) is 0 Å². The first-order chi connectivity index (χ1) is 11.1. The Morgan fingerprint density at radius 3 is 2.70 bits per heavy atom. The fourth-order valence-corrected chi connectivity index (χ4v) is 2.96. The molecule has 0 aromatic heterocycles. The second-order valence-electron chi connectivity index (χ2n) is 5.67. The van der Waals surface area contributed by atoms with Crippen molar-refractivity contribution in [2.24, 2.45) is 0 Å². The van der Waals surface area contributed by atoms with Gasteiger partial charge in [-0.3, -0.25) is 4.79 Å². The number of benzene rings is 1. The smallest absolute Gasteiger partial charge is 0.217 e. The molecule has 0 bridgehead atoms. The molecule has 1 amide bonds. The summed E-state index contributed by atoms with van der Waals surface area (Å²) < 4.78 is 22.6. The van der Waals surface area contributed by atoms with Crippen molar-refractivity contribution in [3.8, 4) is 0 Å². The lowest BCUT2D eigenvalue weighted by Gasteiger charge is -2.47. The Labute approximate surface area is 134 Å². The number of methoxy groups -OCH3 is 1. The number of ether oxygens (including phenoxy) is 4. The van der Waals surface area contributed by atoms with Gasteiger partial charge in [0.15, 0.2) is 12.6 Å². The Morgan fingerprint density at radius 1 is 1.30 bits per heavy atom. The lowest BCUT2D eigenvalue weighted by atomic mass is 9.95. The molecule has 0 saturated carbocycles. The number of hydrogen-bond donors (Lipinski definition) is 2. The van der Waals surface area contributed by atoms with Crippen LogP contribution in [-0.2, 0) is 23.7 Å². The van der Waals surface area contributed by atoms with Gasteiger partial charge in [-0.15, -0.1) is 0 Å². The molecule has 2 heterocycles. The fourth-order valence-electron chi connectivity index (χ4n) is 2.96. The van der Waals surface area contributed by atoms with Gasteiger partial charge in [0.1, 0.15) is 24.4 Å². The second kappa shape index (κ2) is 6.94. The molecule has 7 nitrogen and oxygen atoms in total. The van der Waals surface area contributed by atoms with Crippen LogP contribution in [0.4, 0.5) is 0 Å². The Bertz CT molecular complexity index is 539. The highest BCUT2D eigenvalue weighted by atomic mass is 16.7. The number of amides is 1. The van der Waals surface area contributed by atoms with Crippen LogP contribution in [0, 0.1) is 0 Å². The molecule has 1 aromatic carbocycles. The van der Waals surface area contributed by atoms with E-state index in [4.69, 9.17) is 18.9 Å². The molecule has 0 spiro atoms. The molecule has 1 unspecified atom stereocenters. The van der Waals surface area contributed by atoms with Crippen molar-refractivity contribution in [2.45, 2.75) is 43.9 Å². The Morgan fingerprint density at radius 2 is 2.04 bits per heavy atom. The first-order valence-corrected chi connectivity index (χ1v) is 7.55. The summed E-state index contributed by atoms with van der Waals surface area (Å²) in [5.74, 6) is -0.273. The normalized spacial score (nSPS) is 37.0. The average molecular weight is 323 g/mol. The van der Waals surface area contributed by atoms with E-state index in [1.807, 2.05) is 30.3 Å². The zero-order valence-corrected chi connectivity index (χ0v) is 13.0. The van der Waals surface area contributed by atoms with Crippen LogP contribution in [0.15, 0.2) is 30.3 Å². The topological polar surface area (TPSA) is 86.2 Å². The SMILES string of the molecule is CO[C@H]1O[C@@H]2CO[C@@H](c3ccccc3)O[C@H]2C(O)[C@H]1NC(C)=O. The van der Waals surface area contributed by atoms with Crippen LogP contribution < -0.4 is 5.32 Å². The molecule has 23 heavy (non-hydrogen) atoms. The summed E-state index contributed by atoms with van der Waals surface area (Å²) >= 11 is 0. The summed E-state index contributed by atoms with van der Waals surface area (Å²) in [6.45, 7) is 1.65. The second-order valence-corrected chi connectivity index (χ2v) is 5.67. The van der Waals surface area contributed by atoms with Crippen LogP contribution in [0.25, 0.3) is 0 Å². The zero-order valence-electron chi connectivity index (χ0n) is 13.0. The van der Waals surface area contributed by atoms with Gasteiger partial charge in [-0.05, 0) is 0 Å². The minimum atomic E-state index is -0.960. The summed E-state index contributed by atoms with van der Waals surface area (Å²) in [5, 5.41) is 13.3. The average Bonchev–Trinajstić information content (AvgIpc) is 2.57. The number of aliphatic hydroxyl groups is 1. The van der Waals surface area contributed by atoms with E-state index in [2.05, 4.69) is 5.32 Å². The monoisotopic (exact) mass is 323 g/mol. The molecule has 2 fully saturated rings. The molecular formula is C16H21NO6. The van der Waals surface area contributed by atoms with E-state index in [9.17, 15) is 9.90 Å². The van der Waals surface area contributed by atoms with Crippen molar-refractivity contribution in [2.75, 3.05) is 13.7 Å².